The summed E-state index contributed by atoms with van der Waals surface area (Å²) in [6.07, 6.45) is 1.22. The van der Waals surface area contributed by atoms with Crippen LogP contribution in [0.1, 0.15) is 37.0 Å². The van der Waals surface area contributed by atoms with Crippen LogP contribution in [0.5, 0.6) is 11.5 Å². The van der Waals surface area contributed by atoms with Crippen molar-refractivity contribution < 1.29 is 27.5 Å². The van der Waals surface area contributed by atoms with E-state index >= 15 is 0 Å². The first-order valence-electron chi connectivity index (χ1n) is 13.6. The van der Waals surface area contributed by atoms with Crippen LogP contribution in [0.3, 0.4) is 0 Å². The smallest absolute Gasteiger partial charge is 0.242 e. The van der Waals surface area contributed by atoms with Crippen LogP contribution in [0.15, 0.2) is 77.7 Å². The van der Waals surface area contributed by atoms with Crippen molar-refractivity contribution in [3.05, 3.63) is 89.5 Å². The average Bonchev–Trinajstić information content (AvgIpc) is 2.99. The molecule has 0 unspecified atom stereocenters. The van der Waals surface area contributed by atoms with Gasteiger partial charge in [-0.05, 0) is 72.9 Å². The monoisotopic (exact) mass is 581 g/mol. The van der Waals surface area contributed by atoms with E-state index < -0.39 is 16.1 Å². The Kier molecular flexibility index (Phi) is 11.7. The van der Waals surface area contributed by atoms with Gasteiger partial charge in [0, 0.05) is 26.1 Å². The summed E-state index contributed by atoms with van der Waals surface area (Å²) in [5.74, 6) is 1.06. The van der Waals surface area contributed by atoms with E-state index in [1.165, 1.54) is 12.1 Å². The summed E-state index contributed by atoms with van der Waals surface area (Å²) in [5, 5.41) is 2.96. The molecular weight excluding hydrogens is 542 g/mol. The van der Waals surface area contributed by atoms with Gasteiger partial charge in [0.2, 0.25) is 21.8 Å². The van der Waals surface area contributed by atoms with Gasteiger partial charge >= 0.3 is 0 Å². The Labute approximate surface area is 242 Å². The Morgan fingerprint density at radius 2 is 1.32 bits per heavy atom. The third kappa shape index (κ3) is 9.33. The molecule has 0 fully saturated rings. The number of ether oxygens (including phenoxy) is 2. The summed E-state index contributed by atoms with van der Waals surface area (Å²) in [4.78, 5) is 28.3. The molecule has 0 saturated heterocycles. The number of hydrogen-bond donors (Lipinski definition) is 2. The number of amides is 2. The Morgan fingerprint density at radius 3 is 1.85 bits per heavy atom. The van der Waals surface area contributed by atoms with Crippen molar-refractivity contribution in [3.63, 3.8) is 0 Å². The molecule has 0 spiro atoms. The van der Waals surface area contributed by atoms with Gasteiger partial charge in [-0.2, -0.15) is 0 Å². The molecule has 3 aromatic carbocycles. The van der Waals surface area contributed by atoms with Crippen LogP contribution >= 0.6 is 0 Å². The third-order valence-corrected chi connectivity index (χ3v) is 8.31. The molecule has 2 N–H and O–H groups in total. The van der Waals surface area contributed by atoms with Crippen molar-refractivity contribution in [1.29, 1.82) is 0 Å². The molecule has 0 aliphatic heterocycles. The number of hydrogen-bond acceptors (Lipinski definition) is 6. The average molecular weight is 582 g/mol. The zero-order valence-corrected chi connectivity index (χ0v) is 24.9. The standard InChI is InChI=1S/C31H39N3O6S/c1-5-33-41(37,38)29-17-10-24(11-18-29)12-19-30(35)34(22-26-8-15-28(40-4)16-9-26)23(2)31(36)32-21-20-25-6-13-27(39-3)14-7-25/h6-11,13-18,23,33H,5,12,19-22H2,1-4H3,(H,32,36)/t23-/m1/s1. The molecular formula is C31H39N3O6S. The molecule has 3 rings (SSSR count). The van der Waals surface area contributed by atoms with Crippen LogP contribution in [-0.4, -0.2) is 58.5 Å². The van der Waals surface area contributed by atoms with Crippen LogP contribution in [0.4, 0.5) is 0 Å². The number of sulfonamides is 1. The fourth-order valence-electron chi connectivity index (χ4n) is 4.28. The lowest BCUT2D eigenvalue weighted by atomic mass is 10.1. The van der Waals surface area contributed by atoms with Crippen LogP contribution in [0.2, 0.25) is 0 Å². The zero-order chi connectivity index (χ0) is 29.8. The molecule has 220 valence electrons. The summed E-state index contributed by atoms with van der Waals surface area (Å²) in [6, 6.07) is 20.8. The number of rotatable bonds is 15. The van der Waals surface area contributed by atoms with Gasteiger partial charge in [0.25, 0.3) is 0 Å². The molecule has 0 bridgehead atoms. The molecule has 0 heterocycles. The highest BCUT2D eigenvalue weighted by atomic mass is 32.2. The summed E-state index contributed by atoms with van der Waals surface area (Å²) in [7, 11) is -0.341. The van der Waals surface area contributed by atoms with Crippen LogP contribution in [0.25, 0.3) is 0 Å². The number of benzene rings is 3. The van der Waals surface area contributed by atoms with E-state index in [-0.39, 0.29) is 29.7 Å². The molecule has 10 heteroatoms. The highest BCUT2D eigenvalue weighted by molar-refractivity contribution is 7.89. The Hall–Kier alpha value is -3.89. The molecule has 0 radical (unpaired) electrons. The largest absolute Gasteiger partial charge is 0.497 e. The van der Waals surface area contributed by atoms with Gasteiger partial charge in [-0.1, -0.05) is 43.3 Å². The maximum absolute atomic E-state index is 13.5. The van der Waals surface area contributed by atoms with Crippen molar-refractivity contribution >= 4 is 21.8 Å². The second-order valence-corrected chi connectivity index (χ2v) is 11.3. The first-order valence-corrected chi connectivity index (χ1v) is 15.1. The number of methoxy groups -OCH3 is 2. The summed E-state index contributed by atoms with van der Waals surface area (Å²) in [5.41, 5.74) is 2.76. The zero-order valence-electron chi connectivity index (χ0n) is 24.1. The van der Waals surface area contributed by atoms with Crippen molar-refractivity contribution in [2.24, 2.45) is 0 Å². The number of nitrogens with one attached hydrogen (secondary N) is 2. The van der Waals surface area contributed by atoms with E-state index in [1.807, 2.05) is 48.5 Å². The van der Waals surface area contributed by atoms with Gasteiger partial charge in [0.15, 0.2) is 0 Å². The third-order valence-electron chi connectivity index (χ3n) is 6.75. The molecule has 0 aliphatic carbocycles. The summed E-state index contributed by atoms with van der Waals surface area (Å²) < 4.78 is 37.3. The predicted octanol–water partition coefficient (Wildman–Crippen LogP) is 3.71. The Morgan fingerprint density at radius 1 is 0.805 bits per heavy atom. The number of nitrogens with zero attached hydrogens (tertiary/aromatic N) is 1. The van der Waals surface area contributed by atoms with Crippen LogP contribution in [-0.2, 0) is 39.0 Å². The molecule has 41 heavy (non-hydrogen) atoms. The van der Waals surface area contributed by atoms with E-state index in [1.54, 1.807) is 45.1 Å². The number of aryl methyl sites for hydroxylation is 1. The Balaban J connectivity index is 1.66. The minimum absolute atomic E-state index is 0.166. The van der Waals surface area contributed by atoms with Crippen molar-refractivity contribution in [1.82, 2.24) is 14.9 Å². The fourth-order valence-corrected chi connectivity index (χ4v) is 5.32. The lowest BCUT2D eigenvalue weighted by Crippen LogP contribution is -2.48. The topological polar surface area (TPSA) is 114 Å². The molecule has 2 amide bonds. The van der Waals surface area contributed by atoms with E-state index in [4.69, 9.17) is 9.47 Å². The highest BCUT2D eigenvalue weighted by Crippen LogP contribution is 2.18. The lowest BCUT2D eigenvalue weighted by molar-refractivity contribution is -0.140. The van der Waals surface area contributed by atoms with Gasteiger partial charge < -0.3 is 19.7 Å². The molecule has 0 saturated carbocycles. The quantitative estimate of drug-likeness (QED) is 0.283. The van der Waals surface area contributed by atoms with E-state index in [0.717, 1.165) is 22.4 Å². The number of carbonyl (C=O) groups is 2. The fraction of sp³-hybridized carbons (Fsp3) is 0.355. The second-order valence-electron chi connectivity index (χ2n) is 9.58. The normalized spacial score (nSPS) is 11.9. The lowest BCUT2D eigenvalue weighted by Gasteiger charge is -2.29. The summed E-state index contributed by atoms with van der Waals surface area (Å²) >= 11 is 0. The van der Waals surface area contributed by atoms with Gasteiger partial charge in [-0.3, -0.25) is 9.59 Å². The van der Waals surface area contributed by atoms with Crippen molar-refractivity contribution in [3.8, 4) is 11.5 Å². The van der Waals surface area contributed by atoms with Gasteiger partial charge in [0.05, 0.1) is 19.1 Å². The SMILES string of the molecule is CCNS(=O)(=O)c1ccc(CCC(=O)N(Cc2ccc(OC)cc2)[C@H](C)C(=O)NCCc2ccc(OC)cc2)cc1. The van der Waals surface area contributed by atoms with Gasteiger partial charge in [-0.15, -0.1) is 0 Å². The van der Waals surface area contributed by atoms with E-state index in [9.17, 15) is 18.0 Å². The molecule has 0 aromatic heterocycles. The summed E-state index contributed by atoms with van der Waals surface area (Å²) in [6.45, 7) is 4.44. The molecule has 9 nitrogen and oxygen atoms in total. The molecule has 3 aromatic rings. The minimum Gasteiger partial charge on any atom is -0.497 e. The first-order chi connectivity index (χ1) is 19.7. The van der Waals surface area contributed by atoms with Crippen LogP contribution in [0, 0.1) is 0 Å². The van der Waals surface area contributed by atoms with Gasteiger partial charge in [-0.25, -0.2) is 13.1 Å². The predicted molar refractivity (Wildman–Crippen MR) is 158 cm³/mol. The van der Waals surface area contributed by atoms with Gasteiger partial charge in [0.1, 0.15) is 17.5 Å². The Bertz CT molecular complexity index is 1370. The van der Waals surface area contributed by atoms with Crippen molar-refractivity contribution in [2.45, 2.75) is 50.6 Å². The van der Waals surface area contributed by atoms with E-state index in [2.05, 4.69) is 10.0 Å². The molecule has 0 aliphatic rings. The maximum Gasteiger partial charge on any atom is 0.242 e. The van der Waals surface area contributed by atoms with E-state index in [0.29, 0.717) is 31.7 Å². The highest BCUT2D eigenvalue weighted by Gasteiger charge is 2.26. The van der Waals surface area contributed by atoms with Crippen LogP contribution < -0.4 is 19.5 Å². The minimum atomic E-state index is -3.55. The number of carbonyl (C=O) groups excluding carboxylic acids is 2. The maximum atomic E-state index is 13.5. The van der Waals surface area contributed by atoms with Crippen molar-refractivity contribution in [2.75, 3.05) is 27.3 Å². The second kappa shape index (κ2) is 15.2. The molecule has 1 atom stereocenters. The first kappa shape index (κ1) is 31.6.